The van der Waals surface area contributed by atoms with Crippen molar-refractivity contribution < 1.29 is 0 Å². The summed E-state index contributed by atoms with van der Waals surface area (Å²) >= 11 is 5.71. The minimum absolute atomic E-state index is 0.0901. The van der Waals surface area contributed by atoms with Gasteiger partial charge in [0.1, 0.15) is 0 Å². The molecule has 0 aliphatic rings. The van der Waals surface area contributed by atoms with Crippen LogP contribution in [0.25, 0.3) is 0 Å². The molecule has 0 atom stereocenters. The molecule has 1 aromatic heterocycles. The second-order valence-electron chi connectivity index (χ2n) is 4.31. The van der Waals surface area contributed by atoms with Crippen molar-refractivity contribution in [3.8, 4) is 0 Å². The first-order chi connectivity index (χ1) is 7.50. The molecule has 0 saturated carbocycles. The molecule has 0 fully saturated rings. The third-order valence-electron chi connectivity index (χ3n) is 2.43. The lowest BCUT2D eigenvalue weighted by atomic mass is 10.0. The second kappa shape index (κ2) is 5.34. The van der Waals surface area contributed by atoms with Crippen LogP contribution in [0.5, 0.6) is 0 Å². The maximum absolute atomic E-state index is 11.9. The van der Waals surface area contributed by atoms with Gasteiger partial charge in [-0.25, -0.2) is 4.98 Å². The summed E-state index contributed by atoms with van der Waals surface area (Å²) < 4.78 is 1.62. The van der Waals surface area contributed by atoms with Gasteiger partial charge in [-0.05, 0) is 27.2 Å². The normalized spacial score (nSPS) is 11.5. The zero-order valence-corrected chi connectivity index (χ0v) is 10.7. The molecule has 0 aromatic carbocycles. The van der Waals surface area contributed by atoms with E-state index in [1.807, 2.05) is 20.8 Å². The molecule has 16 heavy (non-hydrogen) atoms. The summed E-state index contributed by atoms with van der Waals surface area (Å²) in [6.45, 7) is 6.57. The Hall–Kier alpha value is -1.03. The predicted octanol–water partition coefficient (Wildman–Crippen LogP) is 2.08. The van der Waals surface area contributed by atoms with Crippen LogP contribution < -0.4 is 10.9 Å². The Kier molecular flexibility index (Phi) is 4.35. The largest absolute Gasteiger partial charge is 0.361 e. The Morgan fingerprint density at radius 1 is 1.56 bits per heavy atom. The molecule has 1 heterocycles. The van der Waals surface area contributed by atoms with Crippen LogP contribution in [0.4, 0.5) is 5.82 Å². The Balaban J connectivity index is 2.94. The summed E-state index contributed by atoms with van der Waals surface area (Å²) in [6, 6.07) is 0. The molecule has 1 rings (SSSR count). The van der Waals surface area contributed by atoms with Crippen LogP contribution in [-0.4, -0.2) is 21.0 Å². The molecule has 0 unspecified atom stereocenters. The maximum atomic E-state index is 11.9. The summed E-state index contributed by atoms with van der Waals surface area (Å²) in [5.74, 6) is 0.939. The highest BCUT2D eigenvalue weighted by atomic mass is 35.5. The first-order valence-corrected chi connectivity index (χ1v) is 5.93. The topological polar surface area (TPSA) is 46.9 Å². The molecule has 0 saturated heterocycles. The Bertz CT molecular complexity index is 400. The zero-order valence-electron chi connectivity index (χ0n) is 9.96. The van der Waals surface area contributed by atoms with Crippen LogP contribution in [-0.2, 0) is 6.54 Å². The van der Waals surface area contributed by atoms with Crippen molar-refractivity contribution >= 4 is 17.4 Å². The molecule has 0 bridgehead atoms. The predicted molar refractivity (Wildman–Crippen MR) is 67.2 cm³/mol. The summed E-state index contributed by atoms with van der Waals surface area (Å²) in [6.07, 6.45) is 4.09. The lowest BCUT2D eigenvalue weighted by molar-refractivity contribution is 0.544. The minimum atomic E-state index is -0.221. The van der Waals surface area contributed by atoms with Crippen LogP contribution in [0, 0.1) is 0 Å². The van der Waals surface area contributed by atoms with Crippen molar-refractivity contribution in [2.75, 3.05) is 11.2 Å². The molecule has 0 aliphatic heterocycles. The molecule has 0 spiro atoms. The molecule has 5 heteroatoms. The van der Waals surface area contributed by atoms with Gasteiger partial charge in [0, 0.05) is 30.4 Å². The van der Waals surface area contributed by atoms with E-state index >= 15 is 0 Å². The number of nitrogens with one attached hydrogen (secondary N) is 1. The highest BCUT2D eigenvalue weighted by Gasteiger charge is 2.18. The summed E-state index contributed by atoms with van der Waals surface area (Å²) in [7, 11) is 0. The Morgan fingerprint density at radius 2 is 2.25 bits per heavy atom. The summed E-state index contributed by atoms with van der Waals surface area (Å²) in [5.41, 5.74) is -0.312. The van der Waals surface area contributed by atoms with Crippen molar-refractivity contribution in [2.45, 2.75) is 39.3 Å². The van der Waals surface area contributed by atoms with E-state index in [-0.39, 0.29) is 11.1 Å². The number of halogens is 1. The number of rotatable bonds is 5. The summed E-state index contributed by atoms with van der Waals surface area (Å²) in [5, 5.41) is 3.13. The van der Waals surface area contributed by atoms with Crippen LogP contribution in [0.3, 0.4) is 0 Å². The highest BCUT2D eigenvalue weighted by molar-refractivity contribution is 6.17. The molecule has 0 radical (unpaired) electrons. The Morgan fingerprint density at radius 3 is 2.81 bits per heavy atom. The van der Waals surface area contributed by atoms with Crippen molar-refractivity contribution in [1.82, 2.24) is 9.55 Å². The van der Waals surface area contributed by atoms with Crippen molar-refractivity contribution in [3.05, 3.63) is 22.7 Å². The van der Waals surface area contributed by atoms with Crippen LogP contribution in [0.15, 0.2) is 17.2 Å². The lowest BCUT2D eigenvalue weighted by Gasteiger charge is -2.25. The van der Waals surface area contributed by atoms with Gasteiger partial charge < -0.3 is 9.88 Å². The molecule has 1 aromatic rings. The number of hydrogen-bond donors (Lipinski definition) is 1. The smallest absolute Gasteiger partial charge is 0.293 e. The van der Waals surface area contributed by atoms with E-state index in [1.54, 1.807) is 17.0 Å². The van der Waals surface area contributed by atoms with Crippen LogP contribution in [0.2, 0.25) is 0 Å². The van der Waals surface area contributed by atoms with Crippen molar-refractivity contribution in [2.24, 2.45) is 0 Å². The fourth-order valence-electron chi connectivity index (χ4n) is 1.40. The van der Waals surface area contributed by atoms with Gasteiger partial charge >= 0.3 is 0 Å². The standard InChI is InChI=1S/C11H18ClN3O/c1-4-15-8-7-13-9(10(15)16)14-11(2,3)5-6-12/h7-8H,4-6H2,1-3H3,(H,13,14). The second-order valence-corrected chi connectivity index (χ2v) is 4.69. The van der Waals surface area contributed by atoms with Gasteiger partial charge in [0.15, 0.2) is 5.82 Å². The van der Waals surface area contributed by atoms with Crippen LogP contribution in [0.1, 0.15) is 27.2 Å². The van der Waals surface area contributed by atoms with Crippen molar-refractivity contribution in [3.63, 3.8) is 0 Å². The van der Waals surface area contributed by atoms with Gasteiger partial charge in [-0.1, -0.05) is 0 Å². The number of hydrogen-bond acceptors (Lipinski definition) is 3. The van der Waals surface area contributed by atoms with E-state index in [0.717, 1.165) is 6.42 Å². The van der Waals surface area contributed by atoms with Crippen molar-refractivity contribution in [1.29, 1.82) is 0 Å². The molecule has 0 aliphatic carbocycles. The van der Waals surface area contributed by atoms with Gasteiger partial charge in [-0.3, -0.25) is 4.79 Å². The van der Waals surface area contributed by atoms with Gasteiger partial charge in [0.2, 0.25) is 0 Å². The third-order valence-corrected chi connectivity index (χ3v) is 2.62. The van der Waals surface area contributed by atoms with Gasteiger partial charge in [0.05, 0.1) is 0 Å². The molecule has 90 valence electrons. The first-order valence-electron chi connectivity index (χ1n) is 5.40. The average Bonchev–Trinajstić information content (AvgIpc) is 2.21. The van der Waals surface area contributed by atoms with Crippen LogP contribution >= 0.6 is 11.6 Å². The molecule has 0 amide bonds. The third kappa shape index (κ3) is 3.23. The Labute approximate surface area is 101 Å². The number of alkyl halides is 1. The van der Waals surface area contributed by atoms with E-state index in [4.69, 9.17) is 11.6 Å². The molecule has 1 N–H and O–H groups in total. The average molecular weight is 244 g/mol. The molecular formula is C11H18ClN3O. The fraction of sp³-hybridized carbons (Fsp3) is 0.636. The van der Waals surface area contributed by atoms with Gasteiger partial charge in [-0.2, -0.15) is 0 Å². The van der Waals surface area contributed by atoms with Gasteiger partial charge in [-0.15, -0.1) is 11.6 Å². The van der Waals surface area contributed by atoms with Gasteiger partial charge in [0.25, 0.3) is 5.56 Å². The number of aryl methyl sites for hydroxylation is 1. The number of anilines is 1. The number of nitrogens with zero attached hydrogens (tertiary/aromatic N) is 2. The van der Waals surface area contributed by atoms with E-state index in [1.165, 1.54) is 0 Å². The van der Waals surface area contributed by atoms with E-state index in [0.29, 0.717) is 18.2 Å². The quantitative estimate of drug-likeness (QED) is 0.806. The highest BCUT2D eigenvalue weighted by Crippen LogP contribution is 2.14. The fourth-order valence-corrected chi connectivity index (χ4v) is 1.87. The molecular weight excluding hydrogens is 226 g/mol. The van der Waals surface area contributed by atoms with E-state index < -0.39 is 0 Å². The van der Waals surface area contributed by atoms with E-state index in [9.17, 15) is 4.79 Å². The maximum Gasteiger partial charge on any atom is 0.293 e. The SMILES string of the molecule is CCn1ccnc(NC(C)(C)CCCl)c1=O. The monoisotopic (exact) mass is 243 g/mol. The number of aromatic nitrogens is 2. The summed E-state index contributed by atoms with van der Waals surface area (Å²) in [4.78, 5) is 16.0. The minimum Gasteiger partial charge on any atom is -0.361 e. The lowest BCUT2D eigenvalue weighted by Crippen LogP contribution is -2.36. The zero-order chi connectivity index (χ0) is 12.2. The first kappa shape index (κ1) is 13.0. The molecule has 4 nitrogen and oxygen atoms in total. The van der Waals surface area contributed by atoms with E-state index in [2.05, 4.69) is 10.3 Å².